The molecular formula is C20H22N2O. The Morgan fingerprint density at radius 2 is 1.26 bits per heavy atom. The zero-order chi connectivity index (χ0) is 16.4. The molecule has 0 spiro atoms. The van der Waals surface area contributed by atoms with Crippen LogP contribution in [0.5, 0.6) is 5.75 Å². The molecule has 118 valence electrons. The molecule has 3 rings (SSSR count). The van der Waals surface area contributed by atoms with Gasteiger partial charge in [0.05, 0.1) is 7.11 Å². The van der Waals surface area contributed by atoms with Gasteiger partial charge < -0.3 is 14.5 Å². The summed E-state index contributed by atoms with van der Waals surface area (Å²) in [5, 5.41) is 2.51. The van der Waals surface area contributed by atoms with Crippen molar-refractivity contribution in [2.75, 3.05) is 38.1 Å². The highest BCUT2D eigenvalue weighted by atomic mass is 16.5. The third-order valence-electron chi connectivity index (χ3n) is 4.18. The van der Waals surface area contributed by atoms with Gasteiger partial charge in [-0.05, 0) is 36.4 Å². The molecule has 0 bridgehead atoms. The van der Waals surface area contributed by atoms with E-state index in [2.05, 4.69) is 79.5 Å². The molecule has 0 aliphatic rings. The summed E-state index contributed by atoms with van der Waals surface area (Å²) < 4.78 is 5.24. The van der Waals surface area contributed by atoms with Gasteiger partial charge in [0.15, 0.2) is 0 Å². The Balaban J connectivity index is 2.10. The number of fused-ring (bicyclic) bond motifs is 1. The van der Waals surface area contributed by atoms with Crippen molar-refractivity contribution in [3.8, 4) is 5.75 Å². The van der Waals surface area contributed by atoms with Gasteiger partial charge in [0, 0.05) is 49.0 Å². The highest BCUT2D eigenvalue weighted by Gasteiger charge is 2.11. The third kappa shape index (κ3) is 2.82. The number of hydrogen-bond donors (Lipinski definition) is 0. The fourth-order valence-corrected chi connectivity index (χ4v) is 2.89. The predicted octanol–water partition coefficient (Wildman–Crippen LogP) is 4.68. The van der Waals surface area contributed by atoms with Crippen LogP contribution < -0.4 is 14.5 Å². The molecule has 0 saturated heterocycles. The van der Waals surface area contributed by atoms with E-state index in [1.807, 2.05) is 12.1 Å². The van der Waals surface area contributed by atoms with Crippen molar-refractivity contribution in [2.45, 2.75) is 0 Å². The zero-order valence-corrected chi connectivity index (χ0v) is 14.1. The van der Waals surface area contributed by atoms with Gasteiger partial charge >= 0.3 is 0 Å². The number of hydrogen-bond acceptors (Lipinski definition) is 3. The van der Waals surface area contributed by atoms with Gasteiger partial charge in [-0.3, -0.25) is 0 Å². The molecule has 23 heavy (non-hydrogen) atoms. The Hall–Kier alpha value is -2.68. The summed E-state index contributed by atoms with van der Waals surface area (Å²) in [7, 11) is 7.94. The summed E-state index contributed by atoms with van der Waals surface area (Å²) in [4.78, 5) is 4.36. The monoisotopic (exact) mass is 306 g/mol. The molecule has 3 heteroatoms. The first-order chi connectivity index (χ1) is 11.1. The van der Waals surface area contributed by atoms with Gasteiger partial charge in [0.2, 0.25) is 0 Å². The number of nitrogens with zero attached hydrogens (tertiary/aromatic N) is 2. The second kappa shape index (κ2) is 6.21. The summed E-state index contributed by atoms with van der Waals surface area (Å²) in [6.45, 7) is 0. The van der Waals surface area contributed by atoms with E-state index in [4.69, 9.17) is 4.74 Å². The second-order valence-corrected chi connectivity index (χ2v) is 5.80. The van der Waals surface area contributed by atoms with Crippen molar-refractivity contribution >= 4 is 27.8 Å². The first-order valence-electron chi connectivity index (χ1n) is 7.68. The summed E-state index contributed by atoms with van der Waals surface area (Å²) in [6, 6.07) is 21.0. The minimum absolute atomic E-state index is 0.870. The number of methoxy groups -OCH3 is 1. The van der Waals surface area contributed by atoms with Gasteiger partial charge in [-0.15, -0.1) is 0 Å². The van der Waals surface area contributed by atoms with Crippen LogP contribution in [0.3, 0.4) is 0 Å². The molecule has 0 fully saturated rings. The fraction of sp³-hybridized carbons (Fsp3) is 0.200. The maximum Gasteiger partial charge on any atom is 0.119 e. The first-order valence-corrected chi connectivity index (χ1v) is 7.68. The number of benzene rings is 3. The Bertz CT molecular complexity index is 809. The third-order valence-corrected chi connectivity index (χ3v) is 4.18. The van der Waals surface area contributed by atoms with E-state index >= 15 is 0 Å². The Morgan fingerprint density at radius 3 is 1.83 bits per heavy atom. The smallest absolute Gasteiger partial charge is 0.119 e. The number of rotatable bonds is 4. The summed E-state index contributed by atoms with van der Waals surface area (Å²) in [5.74, 6) is 0.870. The van der Waals surface area contributed by atoms with E-state index in [-0.39, 0.29) is 0 Å². The molecule has 0 aliphatic carbocycles. The van der Waals surface area contributed by atoms with Gasteiger partial charge in [0.25, 0.3) is 0 Å². The molecule has 3 nitrogen and oxygen atoms in total. The van der Waals surface area contributed by atoms with Gasteiger partial charge in [0.1, 0.15) is 5.75 Å². The Morgan fingerprint density at radius 1 is 0.696 bits per heavy atom. The Labute approximate surface area is 137 Å². The maximum absolute atomic E-state index is 5.24. The van der Waals surface area contributed by atoms with Gasteiger partial charge in [-0.2, -0.15) is 0 Å². The van der Waals surface area contributed by atoms with Crippen LogP contribution >= 0.6 is 0 Å². The lowest BCUT2D eigenvalue weighted by Gasteiger charge is -2.24. The van der Waals surface area contributed by atoms with Crippen molar-refractivity contribution in [1.29, 1.82) is 0 Å². The maximum atomic E-state index is 5.24. The quantitative estimate of drug-likeness (QED) is 0.696. The van der Waals surface area contributed by atoms with E-state index in [9.17, 15) is 0 Å². The van der Waals surface area contributed by atoms with Crippen LogP contribution in [0.1, 0.15) is 0 Å². The molecule has 0 aliphatic heterocycles. The van der Waals surface area contributed by atoms with Crippen LogP contribution in [-0.2, 0) is 0 Å². The molecule has 0 saturated carbocycles. The van der Waals surface area contributed by atoms with E-state index < -0.39 is 0 Å². The molecule has 3 aromatic carbocycles. The van der Waals surface area contributed by atoms with E-state index in [0.29, 0.717) is 0 Å². The number of ether oxygens (including phenoxy) is 1. The number of anilines is 3. The van der Waals surface area contributed by atoms with Crippen LogP contribution in [-0.4, -0.2) is 28.3 Å². The molecule has 0 atom stereocenters. The van der Waals surface area contributed by atoms with Crippen LogP contribution in [0.15, 0.2) is 60.7 Å². The predicted molar refractivity (Wildman–Crippen MR) is 99.3 cm³/mol. The molecule has 3 aromatic rings. The van der Waals surface area contributed by atoms with Crippen molar-refractivity contribution in [3.63, 3.8) is 0 Å². The van der Waals surface area contributed by atoms with Gasteiger partial charge in [-0.1, -0.05) is 24.3 Å². The van der Waals surface area contributed by atoms with Crippen molar-refractivity contribution in [3.05, 3.63) is 60.7 Å². The molecule has 0 unspecified atom stereocenters. The highest BCUT2D eigenvalue weighted by molar-refractivity contribution is 6.03. The lowest BCUT2D eigenvalue weighted by molar-refractivity contribution is 0.415. The Kier molecular flexibility index (Phi) is 4.11. The van der Waals surface area contributed by atoms with Crippen molar-refractivity contribution in [1.82, 2.24) is 0 Å². The van der Waals surface area contributed by atoms with Crippen molar-refractivity contribution < 1.29 is 4.74 Å². The van der Waals surface area contributed by atoms with Crippen LogP contribution in [0.25, 0.3) is 10.8 Å². The summed E-state index contributed by atoms with van der Waals surface area (Å²) >= 11 is 0. The standard InChI is InChI=1S/C20H22N2O/c1-21(2)19-13-14-20(18-8-6-5-7-17(18)19)22(3)15-9-11-16(23-4)12-10-15/h5-14H,1-4H3. The summed E-state index contributed by atoms with van der Waals surface area (Å²) in [6.07, 6.45) is 0. The fourth-order valence-electron chi connectivity index (χ4n) is 2.89. The van der Waals surface area contributed by atoms with Crippen molar-refractivity contribution in [2.24, 2.45) is 0 Å². The zero-order valence-electron chi connectivity index (χ0n) is 14.1. The topological polar surface area (TPSA) is 15.7 Å². The van der Waals surface area contributed by atoms with Crippen LogP contribution in [0, 0.1) is 0 Å². The molecule has 0 aromatic heterocycles. The van der Waals surface area contributed by atoms with E-state index in [1.54, 1.807) is 7.11 Å². The average molecular weight is 306 g/mol. The SMILES string of the molecule is COc1ccc(N(C)c2ccc(N(C)C)c3ccccc23)cc1. The van der Waals surface area contributed by atoms with E-state index in [0.717, 1.165) is 11.4 Å². The lowest BCUT2D eigenvalue weighted by atomic mass is 10.1. The molecular weight excluding hydrogens is 284 g/mol. The molecule has 0 amide bonds. The largest absolute Gasteiger partial charge is 0.497 e. The molecule has 0 heterocycles. The summed E-state index contributed by atoms with van der Waals surface area (Å²) in [5.41, 5.74) is 3.55. The normalized spacial score (nSPS) is 10.6. The van der Waals surface area contributed by atoms with Gasteiger partial charge in [-0.25, -0.2) is 0 Å². The second-order valence-electron chi connectivity index (χ2n) is 5.80. The minimum atomic E-state index is 0.870. The first kappa shape index (κ1) is 15.2. The average Bonchev–Trinajstić information content (AvgIpc) is 2.60. The molecule has 0 radical (unpaired) electrons. The highest BCUT2D eigenvalue weighted by Crippen LogP contribution is 2.36. The van der Waals surface area contributed by atoms with Crippen LogP contribution in [0.2, 0.25) is 0 Å². The lowest BCUT2D eigenvalue weighted by Crippen LogP contribution is -2.12. The van der Waals surface area contributed by atoms with Crippen LogP contribution in [0.4, 0.5) is 17.1 Å². The minimum Gasteiger partial charge on any atom is -0.497 e. The molecule has 0 N–H and O–H groups in total. The van der Waals surface area contributed by atoms with E-state index in [1.165, 1.54) is 22.1 Å².